The van der Waals surface area contributed by atoms with E-state index in [0.29, 0.717) is 29.9 Å². The first-order valence-electron chi connectivity index (χ1n) is 9.33. The Morgan fingerprint density at radius 3 is 2.61 bits per heavy atom. The maximum absolute atomic E-state index is 12.0. The van der Waals surface area contributed by atoms with E-state index in [1.807, 2.05) is 30.3 Å². The zero-order chi connectivity index (χ0) is 24.4. The molecule has 4 rings (SSSR count). The lowest BCUT2D eigenvalue weighted by molar-refractivity contribution is -0.192. The highest BCUT2D eigenvalue weighted by Crippen LogP contribution is 2.32. The number of likely N-dealkylation sites (tertiary alicyclic amines) is 1. The maximum Gasteiger partial charge on any atom is 0.490 e. The lowest BCUT2D eigenvalue weighted by Gasteiger charge is -2.13. The van der Waals surface area contributed by atoms with Gasteiger partial charge in [0.05, 0.1) is 4.70 Å². The van der Waals surface area contributed by atoms with Gasteiger partial charge in [0.15, 0.2) is 5.82 Å². The second-order valence-electron chi connectivity index (χ2n) is 7.03. The smallest absolute Gasteiger partial charge is 0.475 e. The number of rotatable bonds is 1. The number of nitrogens with zero attached hydrogens (tertiary/aromatic N) is 3. The highest BCUT2D eigenvalue weighted by atomic mass is 32.1. The quantitative estimate of drug-likeness (QED) is 0.458. The number of hydrogen-bond acceptors (Lipinski definition) is 7. The molecule has 0 bridgehead atoms. The molecule has 0 saturated carbocycles. The van der Waals surface area contributed by atoms with E-state index >= 15 is 0 Å². The largest absolute Gasteiger partial charge is 0.490 e. The molecule has 1 saturated heterocycles. The summed E-state index contributed by atoms with van der Waals surface area (Å²) in [5.74, 6) is 2.96. The van der Waals surface area contributed by atoms with Gasteiger partial charge in [-0.25, -0.2) is 14.8 Å². The lowest BCUT2D eigenvalue weighted by atomic mass is 10.0. The summed E-state index contributed by atoms with van der Waals surface area (Å²) in [6.45, 7) is 0.505. The molecule has 0 radical (unpaired) electrons. The molecule has 8 nitrogen and oxygen atoms in total. The van der Waals surface area contributed by atoms with Crippen molar-refractivity contribution in [2.75, 3.05) is 19.3 Å². The molecule has 1 aliphatic rings. The minimum absolute atomic E-state index is 0.319. The Bertz CT molecular complexity index is 1280. The number of fused-ring (bicyclic) bond motifs is 1. The number of aliphatic carboxylic acids is 1. The van der Waals surface area contributed by atoms with Crippen LogP contribution in [0.2, 0.25) is 0 Å². The van der Waals surface area contributed by atoms with Crippen molar-refractivity contribution in [1.82, 2.24) is 14.9 Å². The number of carbonyl (C=O) groups excluding carboxylic acids is 1. The first kappa shape index (κ1) is 24.0. The van der Waals surface area contributed by atoms with Gasteiger partial charge in [-0.1, -0.05) is 24.0 Å². The number of likely N-dealkylation sites (N-methyl/N-ethyl adjacent to an activating group) is 1. The van der Waals surface area contributed by atoms with Gasteiger partial charge >= 0.3 is 12.1 Å². The Morgan fingerprint density at radius 2 is 2.03 bits per heavy atom. The van der Waals surface area contributed by atoms with E-state index in [2.05, 4.69) is 21.8 Å². The van der Waals surface area contributed by atoms with Crippen LogP contribution in [0.4, 0.5) is 19.0 Å². The third kappa shape index (κ3) is 5.39. The molecule has 33 heavy (non-hydrogen) atoms. The van der Waals surface area contributed by atoms with E-state index in [-0.39, 0.29) is 5.91 Å². The van der Waals surface area contributed by atoms with Crippen molar-refractivity contribution in [3.63, 3.8) is 0 Å². The summed E-state index contributed by atoms with van der Waals surface area (Å²) in [7, 11) is 1.66. The van der Waals surface area contributed by atoms with E-state index < -0.39 is 17.7 Å². The summed E-state index contributed by atoms with van der Waals surface area (Å²) in [6, 6.07) is 9.43. The van der Waals surface area contributed by atoms with Gasteiger partial charge in [0, 0.05) is 37.3 Å². The number of alkyl halides is 3. The zero-order valence-corrected chi connectivity index (χ0v) is 17.9. The van der Waals surface area contributed by atoms with E-state index in [1.165, 1.54) is 16.2 Å². The lowest BCUT2D eigenvalue weighted by Crippen LogP contribution is -2.37. The molecule has 12 heteroatoms. The minimum atomic E-state index is -5.08. The van der Waals surface area contributed by atoms with Gasteiger partial charge in [-0.3, -0.25) is 4.79 Å². The Labute approximate surface area is 189 Å². The van der Waals surface area contributed by atoms with Crippen molar-refractivity contribution in [2.24, 2.45) is 0 Å². The number of carboxylic acid groups (broad SMARTS) is 1. The van der Waals surface area contributed by atoms with Crippen molar-refractivity contribution >= 4 is 39.2 Å². The highest BCUT2D eigenvalue weighted by Gasteiger charge is 2.42. The summed E-state index contributed by atoms with van der Waals surface area (Å²) in [5.41, 5.74) is 6.59. The zero-order valence-electron chi connectivity index (χ0n) is 17.1. The fourth-order valence-electron chi connectivity index (χ4n) is 2.87. The number of nitrogen functional groups attached to an aromatic ring is 1. The molecule has 3 aromatic rings. The Morgan fingerprint density at radius 1 is 1.33 bits per heavy atom. The Kier molecular flexibility index (Phi) is 6.57. The molecule has 1 atom stereocenters. The third-order valence-corrected chi connectivity index (χ3v) is 5.68. The van der Waals surface area contributed by atoms with Crippen LogP contribution in [0.25, 0.3) is 20.8 Å². The molecule has 0 aliphatic carbocycles. The number of anilines is 1. The van der Waals surface area contributed by atoms with E-state index in [4.69, 9.17) is 15.6 Å². The number of carbonyl (C=O) groups is 2. The van der Waals surface area contributed by atoms with Crippen molar-refractivity contribution in [3.8, 4) is 22.4 Å². The average molecular weight is 478 g/mol. The predicted molar refractivity (Wildman–Crippen MR) is 115 cm³/mol. The summed E-state index contributed by atoms with van der Waals surface area (Å²) >= 11 is 1.53. The number of benzene rings is 1. The van der Waals surface area contributed by atoms with Gasteiger partial charge in [0.2, 0.25) is 5.60 Å². The van der Waals surface area contributed by atoms with Crippen molar-refractivity contribution in [3.05, 3.63) is 42.1 Å². The number of amides is 1. The molecular formula is C21H17F3N4O4S. The van der Waals surface area contributed by atoms with E-state index in [0.717, 1.165) is 15.3 Å². The molecule has 172 valence electrons. The van der Waals surface area contributed by atoms with Crippen molar-refractivity contribution in [2.45, 2.75) is 18.2 Å². The number of pyridine rings is 1. The number of aromatic nitrogens is 2. The van der Waals surface area contributed by atoms with Crippen LogP contribution in [-0.2, 0) is 9.59 Å². The molecule has 2 aromatic heterocycles. The number of aliphatic hydroxyl groups is 1. The van der Waals surface area contributed by atoms with Crippen LogP contribution < -0.4 is 5.73 Å². The van der Waals surface area contributed by atoms with Crippen LogP contribution in [0.5, 0.6) is 0 Å². The molecule has 1 amide bonds. The number of thiazole rings is 1. The van der Waals surface area contributed by atoms with Gasteiger partial charge in [0.1, 0.15) is 10.5 Å². The first-order valence-corrected chi connectivity index (χ1v) is 10.1. The van der Waals surface area contributed by atoms with Crippen molar-refractivity contribution < 1.29 is 33.0 Å². The summed E-state index contributed by atoms with van der Waals surface area (Å²) in [4.78, 5) is 31.0. The summed E-state index contributed by atoms with van der Waals surface area (Å²) in [6.07, 6.45) is -3.10. The third-order valence-electron chi connectivity index (χ3n) is 4.61. The van der Waals surface area contributed by atoms with Crippen LogP contribution in [-0.4, -0.2) is 62.3 Å². The maximum atomic E-state index is 12.0. The van der Waals surface area contributed by atoms with Crippen LogP contribution in [0.1, 0.15) is 12.0 Å². The van der Waals surface area contributed by atoms with Gasteiger partial charge < -0.3 is 20.8 Å². The van der Waals surface area contributed by atoms with E-state index in [9.17, 15) is 23.1 Å². The SMILES string of the molecule is CN1CC[C@@](O)(C#Cc2cccc(-c3nc4c(N)nccc4s3)c2)C1=O.O=C(O)C(F)(F)F. The molecule has 1 fully saturated rings. The number of halogens is 3. The fraction of sp³-hybridized carbons (Fsp3) is 0.238. The number of carboxylic acids is 1. The van der Waals surface area contributed by atoms with Gasteiger partial charge in [-0.2, -0.15) is 13.2 Å². The van der Waals surface area contributed by atoms with E-state index in [1.54, 1.807) is 13.2 Å². The van der Waals surface area contributed by atoms with Crippen LogP contribution in [0, 0.1) is 11.8 Å². The Balaban J connectivity index is 0.000000383. The number of nitrogens with two attached hydrogens (primary N) is 1. The second kappa shape index (κ2) is 9.05. The van der Waals surface area contributed by atoms with Crippen LogP contribution in [0.15, 0.2) is 36.5 Å². The summed E-state index contributed by atoms with van der Waals surface area (Å²) in [5, 5.41) is 18.4. The van der Waals surface area contributed by atoms with Gasteiger partial charge in [-0.05, 0) is 18.2 Å². The molecule has 1 aliphatic heterocycles. The normalized spacial score (nSPS) is 17.8. The fourth-order valence-corrected chi connectivity index (χ4v) is 3.84. The average Bonchev–Trinajstić information content (AvgIpc) is 3.31. The monoisotopic (exact) mass is 478 g/mol. The van der Waals surface area contributed by atoms with Crippen molar-refractivity contribution in [1.29, 1.82) is 0 Å². The van der Waals surface area contributed by atoms with Gasteiger partial charge in [0.25, 0.3) is 5.91 Å². The molecule has 0 unspecified atom stereocenters. The standard InChI is InChI=1S/C19H16N4O2S.C2HF3O2/c1-23-10-8-19(25,18(23)24)7-5-12-3-2-4-13(11-12)17-22-15-14(26-17)6-9-21-16(15)20;3-2(4,5)1(6)7/h2-4,6,9,11,25H,8,10H2,1H3,(H2,20,21);(H,6,7)/t19-;/m0./s1. The minimum Gasteiger partial charge on any atom is -0.475 e. The number of hydrogen-bond donors (Lipinski definition) is 3. The highest BCUT2D eigenvalue weighted by molar-refractivity contribution is 7.21. The Hall–Kier alpha value is -3.69. The second-order valence-corrected chi connectivity index (χ2v) is 8.06. The molecule has 1 aromatic carbocycles. The molecule has 3 heterocycles. The molecule has 0 spiro atoms. The van der Waals surface area contributed by atoms with Crippen LogP contribution >= 0.6 is 11.3 Å². The molecule has 4 N–H and O–H groups in total. The van der Waals surface area contributed by atoms with Gasteiger partial charge in [-0.15, -0.1) is 11.3 Å². The predicted octanol–water partition coefficient (Wildman–Crippen LogP) is 2.52. The summed E-state index contributed by atoms with van der Waals surface area (Å²) < 4.78 is 32.7. The topological polar surface area (TPSA) is 130 Å². The van der Waals surface area contributed by atoms with Crippen LogP contribution in [0.3, 0.4) is 0 Å². The first-order chi connectivity index (χ1) is 15.4. The molecular weight excluding hydrogens is 461 g/mol.